The highest BCUT2D eigenvalue weighted by molar-refractivity contribution is 7.88. The summed E-state index contributed by atoms with van der Waals surface area (Å²) in [5, 5.41) is 10.2. The van der Waals surface area contributed by atoms with Crippen LogP contribution in [0.1, 0.15) is 56.2 Å². The number of nitrogens with zero attached hydrogens (tertiary/aromatic N) is 2. The van der Waals surface area contributed by atoms with Crippen LogP contribution in [0.5, 0.6) is 0 Å². The summed E-state index contributed by atoms with van der Waals surface area (Å²) in [6, 6.07) is 11.1. The van der Waals surface area contributed by atoms with Gasteiger partial charge in [0.1, 0.15) is 0 Å². The van der Waals surface area contributed by atoms with Crippen molar-refractivity contribution in [2.75, 3.05) is 18.4 Å². The molecule has 4 rings (SSSR count). The molecule has 2 aliphatic rings. The van der Waals surface area contributed by atoms with Crippen LogP contribution < -0.4 is 5.32 Å². The van der Waals surface area contributed by atoms with Gasteiger partial charge in [-0.15, -0.1) is 0 Å². The molecule has 7 nitrogen and oxygen atoms in total. The van der Waals surface area contributed by atoms with Crippen molar-refractivity contribution in [3.8, 4) is 0 Å². The number of hydrogen-bond acceptors (Lipinski definition) is 4. The fourth-order valence-electron chi connectivity index (χ4n) is 4.73. The van der Waals surface area contributed by atoms with E-state index < -0.39 is 10.0 Å². The average Bonchev–Trinajstić information content (AvgIpc) is 3.21. The van der Waals surface area contributed by atoms with Crippen LogP contribution in [-0.2, 0) is 27.0 Å². The first-order valence-electron chi connectivity index (χ1n) is 11.4. The second-order valence-electron chi connectivity index (χ2n) is 8.89. The monoisotopic (exact) mass is 444 g/mol. The maximum atomic E-state index is 12.7. The summed E-state index contributed by atoms with van der Waals surface area (Å²) in [6.45, 7) is 0.751. The summed E-state index contributed by atoms with van der Waals surface area (Å²) in [7, 11) is -3.37. The van der Waals surface area contributed by atoms with Crippen LogP contribution in [0, 0.1) is 11.8 Å². The molecule has 2 heterocycles. The second-order valence-corrected chi connectivity index (χ2v) is 10.9. The van der Waals surface area contributed by atoms with Crippen molar-refractivity contribution in [2.24, 2.45) is 11.8 Å². The van der Waals surface area contributed by atoms with Crippen LogP contribution in [-0.4, -0.2) is 41.9 Å². The Hall–Kier alpha value is -2.19. The first-order valence-corrected chi connectivity index (χ1v) is 13.0. The van der Waals surface area contributed by atoms with E-state index in [0.717, 1.165) is 17.7 Å². The molecule has 1 aromatic carbocycles. The summed E-state index contributed by atoms with van der Waals surface area (Å²) < 4.78 is 26.9. The molecule has 2 fully saturated rings. The normalized spacial score (nSPS) is 19.4. The summed E-state index contributed by atoms with van der Waals surface area (Å²) in [4.78, 5) is 12.7. The largest absolute Gasteiger partial charge is 0.309 e. The Bertz CT molecular complexity index is 960. The second kappa shape index (κ2) is 9.96. The minimum atomic E-state index is -3.37. The maximum absolute atomic E-state index is 12.7. The Morgan fingerprint density at radius 2 is 1.77 bits per heavy atom. The van der Waals surface area contributed by atoms with E-state index in [-0.39, 0.29) is 17.6 Å². The van der Waals surface area contributed by atoms with Gasteiger partial charge in [-0.1, -0.05) is 62.4 Å². The molecule has 8 heteroatoms. The van der Waals surface area contributed by atoms with Crippen LogP contribution in [0.2, 0.25) is 0 Å². The van der Waals surface area contributed by atoms with Gasteiger partial charge in [-0.3, -0.25) is 9.89 Å². The van der Waals surface area contributed by atoms with Gasteiger partial charge in [-0.05, 0) is 30.7 Å². The number of carbonyl (C=O) groups is 1. The van der Waals surface area contributed by atoms with Gasteiger partial charge in [0.05, 0.1) is 5.75 Å². The Morgan fingerprint density at radius 1 is 1.06 bits per heavy atom. The number of aromatic nitrogens is 2. The van der Waals surface area contributed by atoms with Crippen LogP contribution in [0.4, 0.5) is 5.82 Å². The summed E-state index contributed by atoms with van der Waals surface area (Å²) in [5.74, 6) is 1.01. The maximum Gasteiger partial charge on any atom is 0.228 e. The van der Waals surface area contributed by atoms with E-state index in [1.54, 1.807) is 0 Å². The van der Waals surface area contributed by atoms with Crippen LogP contribution in [0.25, 0.3) is 0 Å². The van der Waals surface area contributed by atoms with Gasteiger partial charge in [-0.2, -0.15) is 5.10 Å². The van der Waals surface area contributed by atoms with E-state index in [2.05, 4.69) is 15.5 Å². The van der Waals surface area contributed by atoms with Crippen LogP contribution in [0.3, 0.4) is 0 Å². The van der Waals surface area contributed by atoms with Gasteiger partial charge in [0.25, 0.3) is 0 Å². The van der Waals surface area contributed by atoms with E-state index in [1.807, 2.05) is 36.4 Å². The van der Waals surface area contributed by atoms with Gasteiger partial charge < -0.3 is 5.32 Å². The van der Waals surface area contributed by atoms with Crippen molar-refractivity contribution in [2.45, 2.75) is 57.1 Å². The number of hydrogen-bond donors (Lipinski definition) is 2. The third-order valence-corrected chi connectivity index (χ3v) is 8.38. The Balaban J connectivity index is 1.25. The number of sulfonamides is 1. The van der Waals surface area contributed by atoms with E-state index in [4.69, 9.17) is 0 Å². The number of nitrogens with one attached hydrogen (secondary N) is 2. The van der Waals surface area contributed by atoms with E-state index in [0.29, 0.717) is 37.7 Å². The van der Waals surface area contributed by atoms with Gasteiger partial charge in [0, 0.05) is 30.8 Å². The quantitative estimate of drug-likeness (QED) is 0.680. The molecule has 0 radical (unpaired) electrons. The van der Waals surface area contributed by atoms with E-state index in [9.17, 15) is 13.2 Å². The van der Waals surface area contributed by atoms with Crippen molar-refractivity contribution in [3.63, 3.8) is 0 Å². The molecule has 2 N–H and O–H groups in total. The highest BCUT2D eigenvalue weighted by Crippen LogP contribution is 2.27. The van der Waals surface area contributed by atoms with Crippen molar-refractivity contribution >= 4 is 21.7 Å². The van der Waals surface area contributed by atoms with Crippen LogP contribution >= 0.6 is 0 Å². The number of piperidine rings is 1. The SMILES string of the molecule is O=C(Nc1cc(CC2CCCCC2)[nH]n1)C1CCN(S(=O)(=O)Cc2ccccc2)CC1. The van der Waals surface area contributed by atoms with Gasteiger partial charge >= 0.3 is 0 Å². The zero-order valence-electron chi connectivity index (χ0n) is 17.9. The molecule has 0 atom stereocenters. The van der Waals surface area contributed by atoms with Gasteiger partial charge in [-0.25, -0.2) is 12.7 Å². The lowest BCUT2D eigenvalue weighted by Crippen LogP contribution is -2.41. The molecule has 31 heavy (non-hydrogen) atoms. The molecule has 1 aromatic heterocycles. The van der Waals surface area contributed by atoms with Gasteiger partial charge in [0.2, 0.25) is 15.9 Å². The molecule has 0 unspecified atom stereocenters. The number of carbonyl (C=O) groups excluding carboxylic acids is 1. The molecule has 0 spiro atoms. The Labute approximate surface area is 184 Å². The number of anilines is 1. The molecule has 2 aromatic rings. The molecule has 0 bridgehead atoms. The standard InChI is InChI=1S/C23H32N4O3S/c28-23(24-22-16-21(25-26-22)15-18-7-3-1-4-8-18)20-11-13-27(14-12-20)31(29,30)17-19-9-5-2-6-10-19/h2,5-6,9-10,16,18,20H,1,3-4,7-8,11-15,17H2,(H2,24,25,26,28). The zero-order valence-corrected chi connectivity index (χ0v) is 18.7. The lowest BCUT2D eigenvalue weighted by atomic mass is 9.86. The first-order chi connectivity index (χ1) is 15.0. The van der Waals surface area contributed by atoms with Crippen molar-refractivity contribution in [3.05, 3.63) is 47.7 Å². The highest BCUT2D eigenvalue weighted by atomic mass is 32.2. The minimum Gasteiger partial charge on any atom is -0.309 e. The zero-order chi connectivity index (χ0) is 21.7. The third kappa shape index (κ3) is 5.95. The molecule has 1 aliphatic carbocycles. The molecule has 1 saturated heterocycles. The number of aromatic amines is 1. The van der Waals surface area contributed by atoms with Gasteiger partial charge in [0.15, 0.2) is 5.82 Å². The highest BCUT2D eigenvalue weighted by Gasteiger charge is 2.31. The molecular formula is C23H32N4O3S. The lowest BCUT2D eigenvalue weighted by molar-refractivity contribution is -0.120. The van der Waals surface area contributed by atoms with E-state index >= 15 is 0 Å². The number of rotatable bonds is 7. The third-order valence-electron chi connectivity index (χ3n) is 6.53. The number of H-pyrrole nitrogens is 1. The first kappa shape index (κ1) is 22.0. The Kier molecular flexibility index (Phi) is 7.07. The predicted molar refractivity (Wildman–Crippen MR) is 121 cm³/mol. The predicted octanol–water partition coefficient (Wildman–Crippen LogP) is 3.71. The number of benzene rings is 1. The molecule has 168 valence electrons. The smallest absolute Gasteiger partial charge is 0.228 e. The fraction of sp³-hybridized carbons (Fsp3) is 0.565. The topological polar surface area (TPSA) is 95.2 Å². The summed E-state index contributed by atoms with van der Waals surface area (Å²) in [5.41, 5.74) is 1.86. The summed E-state index contributed by atoms with van der Waals surface area (Å²) >= 11 is 0. The molecule has 1 saturated carbocycles. The Morgan fingerprint density at radius 3 is 2.48 bits per heavy atom. The van der Waals surface area contributed by atoms with Crippen molar-refractivity contribution in [1.29, 1.82) is 0 Å². The van der Waals surface area contributed by atoms with Crippen molar-refractivity contribution in [1.82, 2.24) is 14.5 Å². The average molecular weight is 445 g/mol. The summed E-state index contributed by atoms with van der Waals surface area (Å²) in [6.07, 6.45) is 8.54. The van der Waals surface area contributed by atoms with Crippen molar-refractivity contribution < 1.29 is 13.2 Å². The lowest BCUT2D eigenvalue weighted by Gasteiger charge is -2.30. The molecular weight excluding hydrogens is 412 g/mol. The fourth-order valence-corrected chi connectivity index (χ4v) is 6.30. The molecule has 1 aliphatic heterocycles. The molecule has 1 amide bonds. The van der Waals surface area contributed by atoms with E-state index in [1.165, 1.54) is 36.4 Å². The van der Waals surface area contributed by atoms with Crippen LogP contribution in [0.15, 0.2) is 36.4 Å². The minimum absolute atomic E-state index is 0.00173. The number of amides is 1.